The van der Waals surface area contributed by atoms with E-state index in [2.05, 4.69) is 20.9 Å². The maximum atomic E-state index is 13.7. The highest BCUT2D eigenvalue weighted by molar-refractivity contribution is 7.80. The molecule has 0 saturated carbocycles. The number of nitrogens with zero attached hydrogens (tertiary/aromatic N) is 1. The molecule has 3 N–H and O–H groups in total. The van der Waals surface area contributed by atoms with Crippen LogP contribution in [0.1, 0.15) is 30.1 Å². The Morgan fingerprint density at radius 2 is 1.96 bits per heavy atom. The number of carbonyl (C=O) groups is 2. The molecular weight excluding hydrogens is 399 g/mol. The number of hydrogen-bond acceptors (Lipinski definition) is 5. The number of fused-ring (bicyclic) bond motifs is 1. The van der Waals surface area contributed by atoms with Crippen LogP contribution < -0.4 is 16.0 Å². The van der Waals surface area contributed by atoms with Crippen LogP contribution in [0.25, 0.3) is 10.2 Å². The van der Waals surface area contributed by atoms with Gasteiger partial charge in [-0.15, -0.1) is 0 Å². The van der Waals surface area contributed by atoms with Gasteiger partial charge in [-0.1, -0.05) is 30.4 Å². The van der Waals surface area contributed by atoms with Crippen LogP contribution in [0.2, 0.25) is 0 Å². The number of carbonyl (C=O) groups excluding carboxylic acids is 2. The largest absolute Gasteiger partial charge is 0.332 e. The van der Waals surface area contributed by atoms with Crippen molar-refractivity contribution in [3.8, 4) is 0 Å². The van der Waals surface area contributed by atoms with Crippen LogP contribution in [0.4, 0.5) is 15.2 Å². The molecule has 0 fully saturated rings. The maximum absolute atomic E-state index is 13.7. The molecule has 2 aromatic carbocycles. The van der Waals surface area contributed by atoms with E-state index in [-0.39, 0.29) is 16.6 Å². The molecule has 1 aromatic heterocycles. The molecule has 3 aromatic rings. The molecule has 0 bridgehead atoms. The second-order valence-electron chi connectivity index (χ2n) is 5.89. The first kappa shape index (κ1) is 19.8. The molecule has 1 heterocycles. The zero-order valence-corrected chi connectivity index (χ0v) is 16.5. The van der Waals surface area contributed by atoms with Crippen molar-refractivity contribution in [1.82, 2.24) is 10.3 Å². The Morgan fingerprint density at radius 1 is 1.18 bits per heavy atom. The van der Waals surface area contributed by atoms with Crippen molar-refractivity contribution in [2.24, 2.45) is 0 Å². The van der Waals surface area contributed by atoms with Gasteiger partial charge in [-0.25, -0.2) is 9.37 Å². The van der Waals surface area contributed by atoms with Crippen LogP contribution in [0.15, 0.2) is 42.5 Å². The van der Waals surface area contributed by atoms with Crippen molar-refractivity contribution in [1.29, 1.82) is 0 Å². The lowest BCUT2D eigenvalue weighted by Crippen LogP contribution is -2.34. The zero-order chi connectivity index (χ0) is 20.1. The van der Waals surface area contributed by atoms with Gasteiger partial charge in [0.2, 0.25) is 5.91 Å². The van der Waals surface area contributed by atoms with E-state index < -0.39 is 11.7 Å². The number of amides is 2. The van der Waals surface area contributed by atoms with Crippen molar-refractivity contribution in [2.75, 3.05) is 10.6 Å². The first-order valence-electron chi connectivity index (χ1n) is 8.53. The number of benzene rings is 2. The molecule has 0 unspecified atom stereocenters. The summed E-state index contributed by atoms with van der Waals surface area (Å²) in [4.78, 5) is 28.2. The van der Waals surface area contributed by atoms with Gasteiger partial charge in [0.15, 0.2) is 10.2 Å². The predicted octanol–water partition coefficient (Wildman–Crippen LogP) is 4.30. The van der Waals surface area contributed by atoms with E-state index in [0.29, 0.717) is 17.2 Å². The quantitative estimate of drug-likeness (QED) is 0.540. The van der Waals surface area contributed by atoms with Gasteiger partial charge in [0.05, 0.1) is 15.8 Å². The summed E-state index contributed by atoms with van der Waals surface area (Å²) in [6.45, 7) is 1.93. The summed E-state index contributed by atoms with van der Waals surface area (Å²) in [5, 5.41) is 8.69. The number of nitrogens with one attached hydrogen (secondary N) is 3. The molecule has 0 radical (unpaired) electrons. The van der Waals surface area contributed by atoms with E-state index in [1.165, 1.54) is 29.5 Å². The lowest BCUT2D eigenvalue weighted by molar-refractivity contribution is -0.116. The van der Waals surface area contributed by atoms with Gasteiger partial charge >= 0.3 is 0 Å². The fourth-order valence-corrected chi connectivity index (χ4v) is 3.57. The number of aromatic nitrogens is 1. The number of thiazole rings is 1. The summed E-state index contributed by atoms with van der Waals surface area (Å²) in [6.07, 6.45) is 1.21. The van der Waals surface area contributed by atoms with Gasteiger partial charge in [0.25, 0.3) is 5.91 Å². The molecule has 0 aliphatic rings. The van der Waals surface area contributed by atoms with Crippen LogP contribution in [0.3, 0.4) is 0 Å². The first-order chi connectivity index (χ1) is 13.5. The van der Waals surface area contributed by atoms with Gasteiger partial charge in [-0.3, -0.25) is 14.9 Å². The normalized spacial score (nSPS) is 10.5. The van der Waals surface area contributed by atoms with E-state index in [1.807, 2.05) is 13.0 Å². The topological polar surface area (TPSA) is 83.1 Å². The Kier molecular flexibility index (Phi) is 6.27. The Labute approximate surface area is 170 Å². The minimum absolute atomic E-state index is 0.0496. The molecule has 0 aliphatic heterocycles. The van der Waals surface area contributed by atoms with E-state index in [9.17, 15) is 14.0 Å². The van der Waals surface area contributed by atoms with Gasteiger partial charge in [-0.2, -0.15) is 0 Å². The average Bonchev–Trinajstić information content (AvgIpc) is 3.03. The maximum Gasteiger partial charge on any atom is 0.260 e. The number of hydrogen-bond donors (Lipinski definition) is 3. The third-order valence-corrected chi connectivity index (χ3v) is 4.85. The summed E-state index contributed by atoms with van der Waals surface area (Å²) in [7, 11) is 0. The Morgan fingerprint density at radius 3 is 2.71 bits per heavy atom. The standard InChI is InChI=1S/C19H17FN4O2S2/c1-2-5-16(25)23-19-22-14-9-8-11(10-15(14)28-19)21-18(27)24-17(26)12-6-3-4-7-13(12)20/h3-4,6-10H,2,5H2,1H3,(H,22,23,25)(H2,21,24,26,27). The van der Waals surface area contributed by atoms with Crippen LogP contribution in [-0.2, 0) is 4.79 Å². The summed E-state index contributed by atoms with van der Waals surface area (Å²) < 4.78 is 14.5. The van der Waals surface area contributed by atoms with E-state index in [1.54, 1.807) is 18.2 Å². The molecule has 0 aliphatic carbocycles. The highest BCUT2D eigenvalue weighted by atomic mass is 32.1. The Hall–Kier alpha value is -2.91. The second-order valence-corrected chi connectivity index (χ2v) is 7.33. The molecule has 28 heavy (non-hydrogen) atoms. The third-order valence-electron chi connectivity index (χ3n) is 3.72. The van der Waals surface area contributed by atoms with E-state index >= 15 is 0 Å². The number of rotatable bonds is 5. The highest BCUT2D eigenvalue weighted by Gasteiger charge is 2.13. The zero-order valence-electron chi connectivity index (χ0n) is 14.9. The lowest BCUT2D eigenvalue weighted by atomic mass is 10.2. The number of thiocarbonyl (C=S) groups is 1. The number of halogens is 1. The van der Waals surface area contributed by atoms with Crippen molar-refractivity contribution in [3.05, 3.63) is 53.8 Å². The molecule has 6 nitrogen and oxygen atoms in total. The molecule has 0 spiro atoms. The molecule has 3 rings (SSSR count). The Balaban J connectivity index is 1.66. The summed E-state index contributed by atoms with van der Waals surface area (Å²) in [6, 6.07) is 11.0. The van der Waals surface area contributed by atoms with Crippen LogP contribution in [0.5, 0.6) is 0 Å². The minimum Gasteiger partial charge on any atom is -0.332 e. The summed E-state index contributed by atoms with van der Waals surface area (Å²) >= 11 is 6.48. The van der Waals surface area contributed by atoms with Gasteiger partial charge in [-0.05, 0) is 49.0 Å². The molecule has 144 valence electrons. The predicted molar refractivity (Wildman–Crippen MR) is 113 cm³/mol. The fourth-order valence-electron chi connectivity index (χ4n) is 2.44. The second kappa shape index (κ2) is 8.85. The highest BCUT2D eigenvalue weighted by Crippen LogP contribution is 2.28. The van der Waals surface area contributed by atoms with Crippen LogP contribution in [-0.4, -0.2) is 21.9 Å². The van der Waals surface area contributed by atoms with Crippen molar-refractivity contribution in [3.63, 3.8) is 0 Å². The van der Waals surface area contributed by atoms with Crippen molar-refractivity contribution in [2.45, 2.75) is 19.8 Å². The fraction of sp³-hybridized carbons (Fsp3) is 0.158. The molecule has 9 heteroatoms. The minimum atomic E-state index is -0.629. The molecule has 2 amide bonds. The van der Waals surface area contributed by atoms with Gasteiger partial charge in [0.1, 0.15) is 5.82 Å². The first-order valence-corrected chi connectivity index (χ1v) is 9.76. The lowest BCUT2D eigenvalue weighted by Gasteiger charge is -2.10. The van der Waals surface area contributed by atoms with Gasteiger partial charge in [0, 0.05) is 12.1 Å². The van der Waals surface area contributed by atoms with Gasteiger partial charge < -0.3 is 10.6 Å². The van der Waals surface area contributed by atoms with Crippen molar-refractivity contribution < 1.29 is 14.0 Å². The molecule has 0 atom stereocenters. The number of anilines is 2. The van der Waals surface area contributed by atoms with Crippen LogP contribution >= 0.6 is 23.6 Å². The molecular formula is C19H17FN4O2S2. The third kappa shape index (κ3) is 4.87. The average molecular weight is 417 g/mol. The molecule has 0 saturated heterocycles. The van der Waals surface area contributed by atoms with Crippen molar-refractivity contribution >= 4 is 61.5 Å². The Bertz CT molecular complexity index is 1050. The van der Waals surface area contributed by atoms with Crippen LogP contribution in [0, 0.1) is 5.82 Å². The van der Waals surface area contributed by atoms with E-state index in [0.717, 1.165) is 16.6 Å². The summed E-state index contributed by atoms with van der Waals surface area (Å²) in [5.74, 6) is -1.32. The monoisotopic (exact) mass is 416 g/mol. The smallest absolute Gasteiger partial charge is 0.260 e. The SMILES string of the molecule is CCCC(=O)Nc1nc2ccc(NC(=S)NC(=O)c3ccccc3F)cc2s1. The summed E-state index contributed by atoms with van der Waals surface area (Å²) in [5.41, 5.74) is 1.29. The van der Waals surface area contributed by atoms with E-state index in [4.69, 9.17) is 12.2 Å².